The van der Waals surface area contributed by atoms with Crippen molar-refractivity contribution < 1.29 is 31.8 Å². The van der Waals surface area contributed by atoms with Crippen LogP contribution in [0.25, 0.3) is 0 Å². The number of carbonyl (C=O) groups excluding carboxylic acids is 1. The van der Waals surface area contributed by atoms with Crippen LogP contribution in [-0.4, -0.2) is 18.8 Å². The van der Waals surface area contributed by atoms with E-state index in [9.17, 15) is 22.4 Å². The van der Waals surface area contributed by atoms with Crippen molar-refractivity contribution in [2.75, 3.05) is 6.61 Å². The third-order valence-electron chi connectivity index (χ3n) is 2.52. The molecule has 0 radical (unpaired) electrons. The van der Waals surface area contributed by atoms with Gasteiger partial charge in [0.1, 0.15) is 5.82 Å². The molecule has 0 heterocycles. The Hall–Kier alpha value is -2.57. The standard InChI is InChI=1S/C15H10F4O3/c16-11-7-5-10(6-8-11)14(20)22-13-4-2-1-3-12(13)21-9-15(17,18)19/h1-8H,9H2. The molecule has 0 aromatic heterocycles. The quantitative estimate of drug-likeness (QED) is 0.486. The first-order valence-electron chi connectivity index (χ1n) is 6.11. The lowest BCUT2D eigenvalue weighted by molar-refractivity contribution is -0.153. The molecule has 0 N–H and O–H groups in total. The first-order chi connectivity index (χ1) is 10.3. The molecule has 3 nitrogen and oxygen atoms in total. The highest BCUT2D eigenvalue weighted by Crippen LogP contribution is 2.29. The SMILES string of the molecule is O=C(Oc1ccccc1OCC(F)(F)F)c1ccc(F)cc1. The average Bonchev–Trinajstić information content (AvgIpc) is 2.46. The number of rotatable bonds is 4. The van der Waals surface area contributed by atoms with E-state index in [1.165, 1.54) is 36.4 Å². The van der Waals surface area contributed by atoms with Crippen LogP contribution in [0.1, 0.15) is 10.4 Å². The summed E-state index contributed by atoms with van der Waals surface area (Å²) in [4.78, 5) is 11.9. The average molecular weight is 314 g/mol. The van der Waals surface area contributed by atoms with Gasteiger partial charge < -0.3 is 9.47 Å². The number of hydrogen-bond donors (Lipinski definition) is 0. The van der Waals surface area contributed by atoms with Gasteiger partial charge >= 0.3 is 12.1 Å². The lowest BCUT2D eigenvalue weighted by atomic mass is 10.2. The fraction of sp³-hybridized carbons (Fsp3) is 0.133. The third kappa shape index (κ3) is 4.47. The number of alkyl halides is 3. The van der Waals surface area contributed by atoms with Crippen LogP contribution >= 0.6 is 0 Å². The predicted molar refractivity (Wildman–Crippen MR) is 69.4 cm³/mol. The zero-order valence-electron chi connectivity index (χ0n) is 11.1. The van der Waals surface area contributed by atoms with Gasteiger partial charge in [-0.1, -0.05) is 12.1 Å². The van der Waals surface area contributed by atoms with Gasteiger partial charge in [-0.15, -0.1) is 0 Å². The Balaban J connectivity index is 2.12. The summed E-state index contributed by atoms with van der Waals surface area (Å²) in [5, 5.41) is 0. The van der Waals surface area contributed by atoms with Crippen LogP contribution in [-0.2, 0) is 0 Å². The third-order valence-corrected chi connectivity index (χ3v) is 2.52. The second-order valence-corrected chi connectivity index (χ2v) is 4.25. The van der Waals surface area contributed by atoms with E-state index in [0.717, 1.165) is 12.1 Å². The van der Waals surface area contributed by atoms with E-state index in [0.29, 0.717) is 0 Å². The number of ether oxygens (including phenoxy) is 2. The molecule has 0 atom stereocenters. The highest BCUT2D eigenvalue weighted by molar-refractivity contribution is 5.91. The summed E-state index contributed by atoms with van der Waals surface area (Å²) in [7, 11) is 0. The minimum atomic E-state index is -4.51. The van der Waals surface area contributed by atoms with Crippen molar-refractivity contribution in [2.24, 2.45) is 0 Å². The van der Waals surface area contributed by atoms with Crippen LogP contribution < -0.4 is 9.47 Å². The van der Waals surface area contributed by atoms with Gasteiger partial charge in [0.2, 0.25) is 0 Å². The van der Waals surface area contributed by atoms with Gasteiger partial charge in [-0.05, 0) is 36.4 Å². The molecule has 116 valence electrons. The lowest BCUT2D eigenvalue weighted by Gasteiger charge is -2.12. The minimum Gasteiger partial charge on any atom is -0.480 e. The molecule has 2 rings (SSSR count). The molecule has 2 aromatic rings. The van der Waals surface area contributed by atoms with Crippen LogP contribution in [0.15, 0.2) is 48.5 Å². The maximum atomic E-state index is 12.8. The molecule has 2 aromatic carbocycles. The minimum absolute atomic E-state index is 0.0621. The van der Waals surface area contributed by atoms with E-state index in [2.05, 4.69) is 4.74 Å². The van der Waals surface area contributed by atoms with Crippen LogP contribution in [0.3, 0.4) is 0 Å². The van der Waals surface area contributed by atoms with Crippen molar-refractivity contribution >= 4 is 5.97 Å². The largest absolute Gasteiger partial charge is 0.480 e. The molecule has 7 heteroatoms. The molecular formula is C15H10F4O3. The molecular weight excluding hydrogens is 304 g/mol. The number of halogens is 4. The molecule has 0 amide bonds. The molecule has 0 saturated heterocycles. The fourth-order valence-corrected chi connectivity index (χ4v) is 1.56. The molecule has 0 saturated carbocycles. The molecule has 0 aliphatic heterocycles. The maximum Gasteiger partial charge on any atom is 0.422 e. The highest BCUT2D eigenvalue weighted by atomic mass is 19.4. The first-order valence-corrected chi connectivity index (χ1v) is 6.11. The Kier molecular flexibility index (Phi) is 4.65. The molecule has 0 aliphatic carbocycles. The number of esters is 1. The number of carbonyl (C=O) groups is 1. The van der Waals surface area contributed by atoms with E-state index < -0.39 is 24.6 Å². The second kappa shape index (κ2) is 6.46. The van der Waals surface area contributed by atoms with Gasteiger partial charge in [0.15, 0.2) is 18.1 Å². The summed E-state index contributed by atoms with van der Waals surface area (Å²) in [5.74, 6) is -1.72. The van der Waals surface area contributed by atoms with Crippen molar-refractivity contribution in [1.82, 2.24) is 0 Å². The molecule has 0 bridgehead atoms. The Bertz CT molecular complexity index is 651. The van der Waals surface area contributed by atoms with Gasteiger partial charge in [-0.2, -0.15) is 13.2 Å². The monoisotopic (exact) mass is 314 g/mol. The summed E-state index contributed by atoms with van der Waals surface area (Å²) in [5.41, 5.74) is 0.0621. The normalized spacial score (nSPS) is 11.1. The smallest absolute Gasteiger partial charge is 0.422 e. The summed E-state index contributed by atoms with van der Waals surface area (Å²) < 4.78 is 58.9. The zero-order chi connectivity index (χ0) is 16.2. The lowest BCUT2D eigenvalue weighted by Crippen LogP contribution is -2.19. The van der Waals surface area contributed by atoms with Gasteiger partial charge in [0.05, 0.1) is 5.56 Å². The van der Waals surface area contributed by atoms with E-state index >= 15 is 0 Å². The summed E-state index contributed by atoms with van der Waals surface area (Å²) in [6, 6.07) is 10.0. The Morgan fingerprint density at radius 3 is 2.14 bits per heavy atom. The van der Waals surface area contributed by atoms with Crippen molar-refractivity contribution in [2.45, 2.75) is 6.18 Å². The van der Waals surface area contributed by atoms with Crippen LogP contribution in [0.4, 0.5) is 17.6 Å². The topological polar surface area (TPSA) is 35.5 Å². The highest BCUT2D eigenvalue weighted by Gasteiger charge is 2.29. The Morgan fingerprint density at radius 1 is 0.955 bits per heavy atom. The maximum absolute atomic E-state index is 12.8. The molecule has 22 heavy (non-hydrogen) atoms. The zero-order valence-corrected chi connectivity index (χ0v) is 11.1. The number of benzene rings is 2. The Labute approximate surface area is 123 Å². The van der Waals surface area contributed by atoms with E-state index in [1.807, 2.05) is 0 Å². The number of hydrogen-bond acceptors (Lipinski definition) is 3. The van der Waals surface area contributed by atoms with Gasteiger partial charge in [-0.25, -0.2) is 9.18 Å². The van der Waals surface area contributed by atoms with Gasteiger partial charge in [0.25, 0.3) is 0 Å². The summed E-state index contributed by atoms with van der Waals surface area (Å²) in [6.45, 7) is -1.50. The van der Waals surface area contributed by atoms with Crippen molar-refractivity contribution in [3.8, 4) is 11.5 Å². The van der Waals surface area contributed by atoms with E-state index in [-0.39, 0.29) is 17.1 Å². The van der Waals surface area contributed by atoms with E-state index in [1.54, 1.807) is 0 Å². The van der Waals surface area contributed by atoms with Crippen LogP contribution in [0.5, 0.6) is 11.5 Å². The van der Waals surface area contributed by atoms with Crippen LogP contribution in [0, 0.1) is 5.82 Å². The number of para-hydroxylation sites is 2. The molecule has 0 unspecified atom stereocenters. The predicted octanol–water partition coefficient (Wildman–Crippen LogP) is 3.99. The van der Waals surface area contributed by atoms with Gasteiger partial charge in [0, 0.05) is 0 Å². The molecule has 0 spiro atoms. The Morgan fingerprint density at radius 2 is 1.55 bits per heavy atom. The fourth-order valence-electron chi connectivity index (χ4n) is 1.56. The molecule has 0 aliphatic rings. The van der Waals surface area contributed by atoms with Crippen molar-refractivity contribution in [3.05, 3.63) is 59.9 Å². The van der Waals surface area contributed by atoms with Crippen molar-refractivity contribution in [1.29, 1.82) is 0 Å². The van der Waals surface area contributed by atoms with Gasteiger partial charge in [-0.3, -0.25) is 0 Å². The summed E-state index contributed by atoms with van der Waals surface area (Å²) in [6.07, 6.45) is -4.51. The second-order valence-electron chi connectivity index (χ2n) is 4.25. The first kappa shape index (κ1) is 15.8. The van der Waals surface area contributed by atoms with E-state index in [4.69, 9.17) is 4.74 Å². The molecule has 0 fully saturated rings. The van der Waals surface area contributed by atoms with Crippen molar-refractivity contribution in [3.63, 3.8) is 0 Å². The summed E-state index contributed by atoms with van der Waals surface area (Å²) >= 11 is 0. The van der Waals surface area contributed by atoms with Crippen LogP contribution in [0.2, 0.25) is 0 Å².